The minimum absolute atomic E-state index is 0.0359. The molecule has 2 aromatic rings. The summed E-state index contributed by atoms with van der Waals surface area (Å²) in [6, 6.07) is 20.7. The van der Waals surface area contributed by atoms with Crippen molar-refractivity contribution in [3.8, 4) is 0 Å². The van der Waals surface area contributed by atoms with Crippen molar-refractivity contribution in [1.82, 2.24) is 15.1 Å². The monoisotopic (exact) mass is 461 g/mol. The number of amides is 2. The van der Waals surface area contributed by atoms with Crippen LogP contribution in [0.2, 0.25) is 0 Å². The molecule has 1 aliphatic heterocycles. The first-order chi connectivity index (χ1) is 16.6. The van der Waals surface area contributed by atoms with Crippen molar-refractivity contribution in [3.05, 3.63) is 71.8 Å². The predicted octanol–water partition coefficient (Wildman–Crippen LogP) is 5.05. The SMILES string of the molecule is CCN(C(=O)c1ccccc1)C1CCN(C(C)C[C@H](NC(=O)C2CCC2)c2ccccc2)CC1. The van der Waals surface area contributed by atoms with Gasteiger partial charge in [0.1, 0.15) is 0 Å². The standard InChI is InChI=1S/C29H39N3O2/c1-3-32(29(34)25-13-8-5-9-14-25)26-17-19-31(20-18-26)22(2)21-27(23-11-6-4-7-12-23)30-28(33)24-15-10-16-24/h4-9,11-14,22,24,26-27H,3,10,15-21H2,1-2H3,(H,30,33)/t22?,27-/m0/s1. The van der Waals surface area contributed by atoms with Gasteiger partial charge >= 0.3 is 0 Å². The lowest BCUT2D eigenvalue weighted by Crippen LogP contribution is -2.50. The lowest BCUT2D eigenvalue weighted by atomic mass is 9.84. The second kappa shape index (κ2) is 11.7. The Morgan fingerprint density at radius 1 is 0.971 bits per heavy atom. The van der Waals surface area contributed by atoms with E-state index >= 15 is 0 Å². The van der Waals surface area contributed by atoms with Gasteiger partial charge in [0.15, 0.2) is 0 Å². The molecule has 2 fully saturated rings. The van der Waals surface area contributed by atoms with Crippen LogP contribution in [0.1, 0.15) is 74.3 Å². The summed E-state index contributed by atoms with van der Waals surface area (Å²) in [5.41, 5.74) is 1.95. The summed E-state index contributed by atoms with van der Waals surface area (Å²) in [5, 5.41) is 3.36. The first-order valence-corrected chi connectivity index (χ1v) is 13.0. The molecule has 5 nitrogen and oxygen atoms in total. The van der Waals surface area contributed by atoms with E-state index in [9.17, 15) is 9.59 Å². The molecular weight excluding hydrogens is 422 g/mol. The fourth-order valence-corrected chi connectivity index (χ4v) is 5.37. The number of likely N-dealkylation sites (tertiary alicyclic amines) is 1. The Morgan fingerprint density at radius 2 is 1.59 bits per heavy atom. The molecule has 2 atom stereocenters. The van der Waals surface area contributed by atoms with Crippen LogP contribution >= 0.6 is 0 Å². The number of hydrogen-bond donors (Lipinski definition) is 1. The third-order valence-corrected chi connectivity index (χ3v) is 7.76. The van der Waals surface area contributed by atoms with Crippen molar-refractivity contribution in [1.29, 1.82) is 0 Å². The van der Waals surface area contributed by atoms with Crippen LogP contribution in [0.4, 0.5) is 0 Å². The zero-order valence-corrected chi connectivity index (χ0v) is 20.7. The number of nitrogens with one attached hydrogen (secondary N) is 1. The second-order valence-electron chi connectivity index (χ2n) is 9.91. The molecule has 182 valence electrons. The summed E-state index contributed by atoms with van der Waals surface area (Å²) in [5.74, 6) is 0.543. The molecule has 0 aromatic heterocycles. The molecule has 1 heterocycles. The molecule has 1 N–H and O–H groups in total. The van der Waals surface area contributed by atoms with Gasteiger partial charge in [-0.2, -0.15) is 0 Å². The predicted molar refractivity (Wildman–Crippen MR) is 136 cm³/mol. The zero-order chi connectivity index (χ0) is 23.9. The molecule has 5 heteroatoms. The highest BCUT2D eigenvalue weighted by atomic mass is 16.2. The number of carbonyl (C=O) groups is 2. The number of hydrogen-bond acceptors (Lipinski definition) is 3. The van der Waals surface area contributed by atoms with E-state index in [2.05, 4.69) is 48.3 Å². The normalized spacial score (nSPS) is 19.1. The second-order valence-corrected chi connectivity index (χ2v) is 9.91. The highest BCUT2D eigenvalue weighted by Gasteiger charge is 2.32. The summed E-state index contributed by atoms with van der Waals surface area (Å²) in [4.78, 5) is 30.4. The van der Waals surface area contributed by atoms with Crippen LogP contribution in [0.15, 0.2) is 60.7 Å². The highest BCUT2D eigenvalue weighted by Crippen LogP contribution is 2.29. The molecule has 1 saturated heterocycles. The van der Waals surface area contributed by atoms with Gasteiger partial charge in [-0.3, -0.25) is 9.59 Å². The smallest absolute Gasteiger partial charge is 0.254 e. The maximum Gasteiger partial charge on any atom is 0.254 e. The maximum absolute atomic E-state index is 13.1. The summed E-state index contributed by atoms with van der Waals surface area (Å²) < 4.78 is 0. The van der Waals surface area contributed by atoms with Crippen LogP contribution in [0.25, 0.3) is 0 Å². The van der Waals surface area contributed by atoms with E-state index in [1.165, 1.54) is 12.0 Å². The number of nitrogens with zero attached hydrogens (tertiary/aromatic N) is 2. The lowest BCUT2D eigenvalue weighted by Gasteiger charge is -2.41. The third-order valence-electron chi connectivity index (χ3n) is 7.76. The van der Waals surface area contributed by atoms with Crippen molar-refractivity contribution >= 4 is 11.8 Å². The van der Waals surface area contributed by atoms with Gasteiger partial charge in [0.2, 0.25) is 5.91 Å². The number of carbonyl (C=O) groups excluding carboxylic acids is 2. The van der Waals surface area contributed by atoms with E-state index in [-0.39, 0.29) is 29.8 Å². The van der Waals surface area contributed by atoms with Gasteiger partial charge in [0.05, 0.1) is 6.04 Å². The molecule has 0 spiro atoms. The van der Waals surface area contributed by atoms with Crippen LogP contribution in [-0.2, 0) is 4.79 Å². The van der Waals surface area contributed by atoms with Gasteiger partial charge in [0, 0.05) is 43.2 Å². The summed E-state index contributed by atoms with van der Waals surface area (Å²) in [6.07, 6.45) is 6.08. The number of benzene rings is 2. The molecule has 0 radical (unpaired) electrons. The Labute approximate surface area is 204 Å². The van der Waals surface area contributed by atoms with E-state index in [4.69, 9.17) is 0 Å². The van der Waals surface area contributed by atoms with Gasteiger partial charge < -0.3 is 15.1 Å². The zero-order valence-electron chi connectivity index (χ0n) is 20.7. The maximum atomic E-state index is 13.1. The molecule has 1 aliphatic carbocycles. The van der Waals surface area contributed by atoms with Crippen LogP contribution in [0.3, 0.4) is 0 Å². The molecule has 1 unspecified atom stereocenters. The molecule has 0 bridgehead atoms. The van der Waals surface area contributed by atoms with E-state index < -0.39 is 0 Å². The molecule has 2 aliphatic rings. The molecule has 2 aromatic carbocycles. The van der Waals surface area contributed by atoms with Crippen LogP contribution in [-0.4, -0.2) is 53.3 Å². The molecule has 34 heavy (non-hydrogen) atoms. The summed E-state index contributed by atoms with van der Waals surface area (Å²) in [7, 11) is 0. The Kier molecular flexibility index (Phi) is 8.39. The van der Waals surface area contributed by atoms with E-state index in [1.807, 2.05) is 41.3 Å². The fourth-order valence-electron chi connectivity index (χ4n) is 5.37. The minimum atomic E-state index is 0.0359. The van der Waals surface area contributed by atoms with Gasteiger partial charge in [-0.25, -0.2) is 0 Å². The fraction of sp³-hybridized carbons (Fsp3) is 0.517. The van der Waals surface area contributed by atoms with Crippen molar-refractivity contribution < 1.29 is 9.59 Å². The topological polar surface area (TPSA) is 52.7 Å². The van der Waals surface area contributed by atoms with E-state index in [0.29, 0.717) is 6.04 Å². The van der Waals surface area contributed by atoms with Crippen molar-refractivity contribution in [2.75, 3.05) is 19.6 Å². The van der Waals surface area contributed by atoms with E-state index in [0.717, 1.165) is 57.3 Å². The van der Waals surface area contributed by atoms with Crippen LogP contribution in [0, 0.1) is 5.92 Å². The van der Waals surface area contributed by atoms with Crippen molar-refractivity contribution in [2.24, 2.45) is 5.92 Å². The van der Waals surface area contributed by atoms with Crippen LogP contribution in [0.5, 0.6) is 0 Å². The van der Waals surface area contributed by atoms with Gasteiger partial charge in [-0.05, 0) is 63.6 Å². The Morgan fingerprint density at radius 3 is 2.15 bits per heavy atom. The Bertz CT molecular complexity index is 921. The van der Waals surface area contributed by atoms with Crippen LogP contribution < -0.4 is 5.32 Å². The average Bonchev–Trinajstić information content (AvgIpc) is 2.84. The number of piperidine rings is 1. The quantitative estimate of drug-likeness (QED) is 0.569. The summed E-state index contributed by atoms with van der Waals surface area (Å²) in [6.45, 7) is 7.03. The first kappa shape index (κ1) is 24.5. The number of rotatable bonds is 9. The first-order valence-electron chi connectivity index (χ1n) is 13.0. The third kappa shape index (κ3) is 5.87. The summed E-state index contributed by atoms with van der Waals surface area (Å²) >= 11 is 0. The van der Waals surface area contributed by atoms with Gasteiger partial charge in [0.25, 0.3) is 5.91 Å². The average molecular weight is 462 g/mol. The van der Waals surface area contributed by atoms with E-state index in [1.54, 1.807) is 0 Å². The molecular formula is C29H39N3O2. The minimum Gasteiger partial charge on any atom is -0.349 e. The van der Waals surface area contributed by atoms with Gasteiger partial charge in [-0.1, -0.05) is 55.0 Å². The van der Waals surface area contributed by atoms with Crippen molar-refractivity contribution in [2.45, 2.75) is 70.5 Å². The molecule has 2 amide bonds. The van der Waals surface area contributed by atoms with Crippen molar-refractivity contribution in [3.63, 3.8) is 0 Å². The Balaban J connectivity index is 1.35. The molecule has 1 saturated carbocycles. The Hall–Kier alpha value is -2.66. The largest absolute Gasteiger partial charge is 0.349 e. The highest BCUT2D eigenvalue weighted by molar-refractivity contribution is 5.94. The molecule has 4 rings (SSSR count). The van der Waals surface area contributed by atoms with Gasteiger partial charge in [-0.15, -0.1) is 0 Å². The lowest BCUT2D eigenvalue weighted by molar-refractivity contribution is -0.128.